The van der Waals surface area contributed by atoms with E-state index in [-0.39, 0.29) is 11.8 Å². The van der Waals surface area contributed by atoms with Gasteiger partial charge in [0.2, 0.25) is 0 Å². The molecule has 0 aromatic heterocycles. The molecule has 1 unspecified atom stereocenters. The molecule has 2 N–H and O–H groups in total. The lowest BCUT2D eigenvalue weighted by molar-refractivity contribution is -0.928. The average Bonchev–Trinajstić information content (AvgIpc) is 2.62. The number of carbonyl (C=O) groups is 2. The normalized spacial score (nSPS) is 25.8. The largest absolute Gasteiger partial charge is 0.345 e. The van der Waals surface area contributed by atoms with E-state index in [1.807, 2.05) is 12.1 Å². The number of carbonyl (C=O) groups excluding carboxylic acids is 2. The van der Waals surface area contributed by atoms with Gasteiger partial charge in [0.15, 0.2) is 6.54 Å². The van der Waals surface area contributed by atoms with Crippen LogP contribution in [0.15, 0.2) is 24.3 Å². The highest BCUT2D eigenvalue weighted by Gasteiger charge is 2.37. The minimum Gasteiger partial charge on any atom is -0.345 e. The third kappa shape index (κ3) is 4.40. The maximum absolute atomic E-state index is 12.5. The summed E-state index contributed by atoms with van der Waals surface area (Å²) >= 11 is 0. The van der Waals surface area contributed by atoms with Crippen molar-refractivity contribution in [2.75, 3.05) is 32.5 Å². The van der Waals surface area contributed by atoms with Crippen molar-refractivity contribution in [3.8, 4) is 0 Å². The molecule has 0 bridgehead atoms. The molecule has 2 aliphatic rings. The number of hydrogen-bond acceptors (Lipinski definition) is 2. The molecule has 1 aromatic carbocycles. The van der Waals surface area contributed by atoms with Gasteiger partial charge in [0.05, 0.1) is 12.6 Å². The van der Waals surface area contributed by atoms with E-state index in [4.69, 9.17) is 0 Å². The second-order valence-electron chi connectivity index (χ2n) is 7.70. The second-order valence-corrected chi connectivity index (χ2v) is 7.70. The van der Waals surface area contributed by atoms with E-state index in [0.29, 0.717) is 18.2 Å². The number of rotatable bonds is 4. The van der Waals surface area contributed by atoms with Crippen molar-refractivity contribution in [1.29, 1.82) is 0 Å². The molecular weight excluding hydrogens is 314 g/mol. The zero-order valence-electron chi connectivity index (χ0n) is 15.4. The molecule has 2 amide bonds. The molecule has 1 heterocycles. The SMILES string of the molecule is CN(C)C(=O)c1ccc(NC(=O)C[NH+]2CCC[C@@H]3CCCC[C@@H]32)cc1. The van der Waals surface area contributed by atoms with Crippen molar-refractivity contribution in [3.05, 3.63) is 29.8 Å². The molecule has 136 valence electrons. The lowest BCUT2D eigenvalue weighted by Gasteiger charge is -2.40. The monoisotopic (exact) mass is 344 g/mol. The minimum atomic E-state index is -0.0287. The van der Waals surface area contributed by atoms with Crippen LogP contribution in [-0.4, -0.2) is 49.9 Å². The summed E-state index contributed by atoms with van der Waals surface area (Å²) in [5.41, 5.74) is 1.40. The van der Waals surface area contributed by atoms with Gasteiger partial charge >= 0.3 is 0 Å². The van der Waals surface area contributed by atoms with Gasteiger partial charge in [-0.1, -0.05) is 6.42 Å². The maximum Gasteiger partial charge on any atom is 0.279 e. The average molecular weight is 344 g/mol. The zero-order chi connectivity index (χ0) is 17.8. The van der Waals surface area contributed by atoms with Crippen LogP contribution in [0.4, 0.5) is 5.69 Å². The molecule has 5 nitrogen and oxygen atoms in total. The van der Waals surface area contributed by atoms with Crippen molar-refractivity contribution in [1.82, 2.24) is 4.90 Å². The summed E-state index contributed by atoms with van der Waals surface area (Å²) in [7, 11) is 3.47. The van der Waals surface area contributed by atoms with Crippen LogP contribution in [0.3, 0.4) is 0 Å². The summed E-state index contributed by atoms with van der Waals surface area (Å²) in [6.07, 6.45) is 7.88. The Morgan fingerprint density at radius 3 is 2.48 bits per heavy atom. The third-order valence-electron chi connectivity index (χ3n) is 5.72. The van der Waals surface area contributed by atoms with E-state index in [1.165, 1.54) is 43.4 Å². The van der Waals surface area contributed by atoms with Crippen molar-refractivity contribution < 1.29 is 14.5 Å². The number of amides is 2. The molecule has 1 saturated carbocycles. The highest BCUT2D eigenvalue weighted by molar-refractivity contribution is 5.95. The second kappa shape index (κ2) is 8.00. The summed E-state index contributed by atoms with van der Waals surface area (Å²) in [5, 5.41) is 3.00. The number of likely N-dealkylation sites (tertiary alicyclic amines) is 1. The Morgan fingerprint density at radius 2 is 1.76 bits per heavy atom. The number of hydrogen-bond donors (Lipinski definition) is 2. The van der Waals surface area contributed by atoms with Crippen molar-refractivity contribution >= 4 is 17.5 Å². The van der Waals surface area contributed by atoms with Gasteiger partial charge < -0.3 is 15.1 Å². The van der Waals surface area contributed by atoms with Gasteiger partial charge in [-0.15, -0.1) is 0 Å². The number of anilines is 1. The Hall–Kier alpha value is -1.88. The van der Waals surface area contributed by atoms with E-state index in [9.17, 15) is 9.59 Å². The fraction of sp³-hybridized carbons (Fsp3) is 0.600. The first-order valence-electron chi connectivity index (χ1n) is 9.51. The predicted molar refractivity (Wildman–Crippen MR) is 98.8 cm³/mol. The zero-order valence-corrected chi connectivity index (χ0v) is 15.4. The first kappa shape index (κ1) is 17.9. The highest BCUT2D eigenvalue weighted by atomic mass is 16.2. The smallest absolute Gasteiger partial charge is 0.279 e. The molecule has 1 saturated heterocycles. The predicted octanol–water partition coefficient (Wildman–Crippen LogP) is 1.56. The van der Waals surface area contributed by atoms with Crippen LogP contribution in [0, 0.1) is 5.92 Å². The van der Waals surface area contributed by atoms with E-state index in [2.05, 4.69) is 5.32 Å². The van der Waals surface area contributed by atoms with Crippen LogP contribution >= 0.6 is 0 Å². The summed E-state index contributed by atoms with van der Waals surface area (Å²) in [6.45, 7) is 1.67. The van der Waals surface area contributed by atoms with Gasteiger partial charge in [0, 0.05) is 31.3 Å². The molecule has 3 atom stereocenters. The first-order valence-corrected chi connectivity index (χ1v) is 9.51. The molecule has 0 spiro atoms. The van der Waals surface area contributed by atoms with Crippen LogP contribution in [0.5, 0.6) is 0 Å². The summed E-state index contributed by atoms with van der Waals surface area (Å²) in [6, 6.07) is 7.83. The van der Waals surface area contributed by atoms with Gasteiger partial charge in [0.25, 0.3) is 11.8 Å². The van der Waals surface area contributed by atoms with Crippen LogP contribution in [0.2, 0.25) is 0 Å². The van der Waals surface area contributed by atoms with Crippen molar-refractivity contribution in [2.24, 2.45) is 5.92 Å². The molecule has 0 radical (unpaired) electrons. The number of fused-ring (bicyclic) bond motifs is 1. The number of nitrogens with one attached hydrogen (secondary N) is 2. The fourth-order valence-electron chi connectivity index (χ4n) is 4.45. The molecule has 1 aliphatic carbocycles. The first-order chi connectivity index (χ1) is 12.0. The highest BCUT2D eigenvalue weighted by Crippen LogP contribution is 2.28. The molecular formula is C20H30N3O2+. The van der Waals surface area contributed by atoms with Gasteiger partial charge in [-0.05, 0) is 56.4 Å². The quantitative estimate of drug-likeness (QED) is 0.871. The fourth-order valence-corrected chi connectivity index (χ4v) is 4.45. The maximum atomic E-state index is 12.5. The third-order valence-corrected chi connectivity index (χ3v) is 5.72. The lowest BCUT2D eigenvalue weighted by atomic mass is 9.78. The van der Waals surface area contributed by atoms with E-state index >= 15 is 0 Å². The number of nitrogens with zero attached hydrogens (tertiary/aromatic N) is 1. The van der Waals surface area contributed by atoms with E-state index in [1.54, 1.807) is 31.1 Å². The topological polar surface area (TPSA) is 53.9 Å². The lowest BCUT2D eigenvalue weighted by Crippen LogP contribution is -3.18. The Bertz CT molecular complexity index is 610. The molecule has 2 fully saturated rings. The number of piperidine rings is 1. The summed E-state index contributed by atoms with van der Waals surface area (Å²) in [5.74, 6) is 0.869. The van der Waals surface area contributed by atoms with E-state index < -0.39 is 0 Å². The summed E-state index contributed by atoms with van der Waals surface area (Å²) in [4.78, 5) is 27.4. The van der Waals surface area contributed by atoms with Crippen LogP contribution in [0.25, 0.3) is 0 Å². The number of quaternary nitrogens is 1. The molecule has 5 heteroatoms. The van der Waals surface area contributed by atoms with Gasteiger partial charge in [-0.3, -0.25) is 9.59 Å². The Kier molecular flexibility index (Phi) is 5.74. The van der Waals surface area contributed by atoms with Crippen LogP contribution < -0.4 is 10.2 Å². The molecule has 3 rings (SSSR count). The summed E-state index contributed by atoms with van der Waals surface area (Å²) < 4.78 is 0. The Labute approximate surface area is 150 Å². The van der Waals surface area contributed by atoms with Gasteiger partial charge in [-0.25, -0.2) is 0 Å². The van der Waals surface area contributed by atoms with Crippen molar-refractivity contribution in [3.63, 3.8) is 0 Å². The standard InChI is InChI=1S/C20H29N3O2/c1-22(2)20(25)16-9-11-17(12-10-16)21-19(24)14-23-13-5-7-15-6-3-4-8-18(15)23/h9-12,15,18H,3-8,13-14H2,1-2H3,(H,21,24)/p+1/t15-,18-/m0/s1. The Balaban J connectivity index is 1.56. The van der Waals surface area contributed by atoms with Gasteiger partial charge in [0.1, 0.15) is 0 Å². The number of benzene rings is 1. The molecule has 1 aromatic rings. The molecule has 25 heavy (non-hydrogen) atoms. The van der Waals surface area contributed by atoms with Gasteiger partial charge in [-0.2, -0.15) is 0 Å². The molecule has 1 aliphatic heterocycles. The Morgan fingerprint density at radius 1 is 1.08 bits per heavy atom. The van der Waals surface area contributed by atoms with Crippen molar-refractivity contribution in [2.45, 2.75) is 44.6 Å². The van der Waals surface area contributed by atoms with E-state index in [0.717, 1.165) is 18.2 Å². The van der Waals surface area contributed by atoms with Crippen LogP contribution in [-0.2, 0) is 4.79 Å². The minimum absolute atomic E-state index is 0.0287. The van der Waals surface area contributed by atoms with Crippen LogP contribution in [0.1, 0.15) is 48.9 Å².